The van der Waals surface area contributed by atoms with Crippen molar-refractivity contribution in [1.29, 1.82) is 0 Å². The second kappa shape index (κ2) is 10.4. The minimum Gasteiger partial charge on any atom is -0.497 e. The molecule has 0 aliphatic carbocycles. The van der Waals surface area contributed by atoms with Gasteiger partial charge in [-0.2, -0.15) is 0 Å². The van der Waals surface area contributed by atoms with Gasteiger partial charge in [0.2, 0.25) is 0 Å². The van der Waals surface area contributed by atoms with Crippen LogP contribution in [-0.4, -0.2) is 36.9 Å². The van der Waals surface area contributed by atoms with E-state index in [1.54, 1.807) is 13.2 Å². The summed E-state index contributed by atoms with van der Waals surface area (Å²) in [5, 5.41) is 9.01. The van der Waals surface area contributed by atoms with Crippen molar-refractivity contribution >= 4 is 29.1 Å². The van der Waals surface area contributed by atoms with Gasteiger partial charge in [0.25, 0.3) is 0 Å². The first-order valence-corrected chi connectivity index (χ1v) is 10.8. The number of rotatable bonds is 8. The lowest BCUT2D eigenvalue weighted by Crippen LogP contribution is -2.30. The van der Waals surface area contributed by atoms with Crippen molar-refractivity contribution in [3.8, 4) is 5.75 Å². The number of hydrogen-bond donors (Lipinski definition) is 3. The zero-order chi connectivity index (χ0) is 22.2. The quantitative estimate of drug-likeness (QED) is 0.450. The average Bonchev–Trinajstić information content (AvgIpc) is 2.84. The molecule has 32 heavy (non-hydrogen) atoms. The fraction of sp³-hybridized carbons (Fsp3) is 0.240. The van der Waals surface area contributed by atoms with E-state index in [0.717, 1.165) is 42.0 Å². The molecule has 0 fully saturated rings. The third-order valence-electron chi connectivity index (χ3n) is 5.25. The molecule has 7 heteroatoms. The molecule has 164 valence electrons. The predicted molar refractivity (Wildman–Crippen MR) is 128 cm³/mol. The molecule has 1 aliphatic heterocycles. The van der Waals surface area contributed by atoms with Crippen LogP contribution in [0.15, 0.2) is 71.7 Å². The number of benzene rings is 2. The Morgan fingerprint density at radius 1 is 1.03 bits per heavy atom. The van der Waals surface area contributed by atoms with Crippen molar-refractivity contribution in [1.82, 2.24) is 10.3 Å². The highest BCUT2D eigenvalue weighted by Gasteiger charge is 2.15. The Labute approximate surface area is 187 Å². The van der Waals surface area contributed by atoms with Crippen LogP contribution in [0.5, 0.6) is 5.75 Å². The molecule has 3 N–H and O–H groups in total. The van der Waals surface area contributed by atoms with Gasteiger partial charge < -0.3 is 15.4 Å². The third-order valence-corrected chi connectivity index (χ3v) is 5.25. The molecule has 2 heterocycles. The highest BCUT2D eigenvalue weighted by molar-refractivity contribution is 6.07. The number of methoxy groups -OCH3 is 1. The molecule has 3 aromatic rings. The van der Waals surface area contributed by atoms with Gasteiger partial charge >= 0.3 is 6.03 Å². The van der Waals surface area contributed by atoms with Crippen LogP contribution in [0.2, 0.25) is 0 Å². The topological polar surface area (TPSA) is 87.6 Å². The molecular weight excluding hydrogens is 402 g/mol. The van der Waals surface area contributed by atoms with Gasteiger partial charge in [-0.25, -0.2) is 14.8 Å². The van der Waals surface area contributed by atoms with Crippen LogP contribution in [0.25, 0.3) is 0 Å². The van der Waals surface area contributed by atoms with E-state index in [1.807, 2.05) is 48.5 Å². The Kier molecular flexibility index (Phi) is 6.97. The molecule has 7 nitrogen and oxygen atoms in total. The lowest BCUT2D eigenvalue weighted by molar-refractivity contribution is 0.252. The molecule has 1 aliphatic rings. The molecular formula is C25H27N5O2. The van der Waals surface area contributed by atoms with Gasteiger partial charge in [-0.1, -0.05) is 30.3 Å². The van der Waals surface area contributed by atoms with Crippen molar-refractivity contribution in [3.05, 3.63) is 77.9 Å². The Balaban J connectivity index is 1.29. The van der Waals surface area contributed by atoms with Gasteiger partial charge in [0.1, 0.15) is 11.6 Å². The molecule has 0 radical (unpaired) electrons. The zero-order valence-electron chi connectivity index (χ0n) is 18.1. The molecule has 2 aromatic carbocycles. The van der Waals surface area contributed by atoms with E-state index in [2.05, 4.69) is 38.1 Å². The summed E-state index contributed by atoms with van der Waals surface area (Å²) in [7, 11) is 1.64. The molecule has 0 saturated heterocycles. The average molecular weight is 430 g/mol. The van der Waals surface area contributed by atoms with Crippen molar-refractivity contribution < 1.29 is 9.53 Å². The Morgan fingerprint density at radius 2 is 1.84 bits per heavy atom. The van der Waals surface area contributed by atoms with Crippen molar-refractivity contribution in [2.24, 2.45) is 4.99 Å². The number of aliphatic imine (C=N–C) groups is 1. The molecule has 4 rings (SSSR count). The number of aromatic nitrogens is 1. The van der Waals surface area contributed by atoms with E-state index in [-0.39, 0.29) is 6.03 Å². The minimum atomic E-state index is -0.264. The highest BCUT2D eigenvalue weighted by atomic mass is 16.5. The fourth-order valence-corrected chi connectivity index (χ4v) is 3.50. The summed E-state index contributed by atoms with van der Waals surface area (Å²) in [6, 6.07) is 21.5. The number of nitrogens with zero attached hydrogens (tertiary/aromatic N) is 2. The lowest BCUT2D eigenvalue weighted by atomic mass is 10.1. The Hall–Kier alpha value is -3.87. The number of unbranched alkanes of at least 4 members (excludes halogenated alkanes) is 1. The molecule has 0 bridgehead atoms. The van der Waals surface area contributed by atoms with Crippen LogP contribution in [0, 0.1) is 0 Å². The summed E-state index contributed by atoms with van der Waals surface area (Å²) in [6.45, 7) is 1.22. The molecule has 0 spiro atoms. The van der Waals surface area contributed by atoms with E-state index in [0.29, 0.717) is 24.7 Å². The van der Waals surface area contributed by atoms with Gasteiger partial charge in [0, 0.05) is 6.54 Å². The van der Waals surface area contributed by atoms with Crippen molar-refractivity contribution in [2.75, 3.05) is 30.8 Å². The first-order chi connectivity index (χ1) is 15.7. The lowest BCUT2D eigenvalue weighted by Gasteiger charge is -2.18. The van der Waals surface area contributed by atoms with Crippen molar-refractivity contribution in [3.63, 3.8) is 0 Å². The van der Waals surface area contributed by atoms with E-state index in [1.165, 1.54) is 5.56 Å². The summed E-state index contributed by atoms with van der Waals surface area (Å²) in [6.07, 6.45) is 2.95. The number of carbonyl (C=O) groups excluding carboxylic acids is 1. The molecule has 0 unspecified atom stereocenters. The molecule has 1 aromatic heterocycles. The van der Waals surface area contributed by atoms with Crippen LogP contribution < -0.4 is 20.7 Å². The van der Waals surface area contributed by atoms with Gasteiger partial charge in [-0.05, 0) is 66.8 Å². The molecule has 0 saturated carbocycles. The fourth-order valence-electron chi connectivity index (χ4n) is 3.50. The van der Waals surface area contributed by atoms with Gasteiger partial charge in [0.05, 0.1) is 25.1 Å². The highest BCUT2D eigenvalue weighted by Crippen LogP contribution is 2.29. The first kappa shape index (κ1) is 21.4. The van der Waals surface area contributed by atoms with E-state index in [4.69, 9.17) is 4.74 Å². The number of aryl methyl sites for hydroxylation is 1. The van der Waals surface area contributed by atoms with E-state index < -0.39 is 0 Å². The number of amides is 2. The summed E-state index contributed by atoms with van der Waals surface area (Å²) < 4.78 is 5.21. The summed E-state index contributed by atoms with van der Waals surface area (Å²) in [5.74, 6) is 1.82. The number of nitrogens with one attached hydrogen (secondary N) is 3. The maximum Gasteiger partial charge on any atom is 0.320 e. The monoisotopic (exact) mass is 429 g/mol. The zero-order valence-corrected chi connectivity index (χ0v) is 18.1. The number of fused-ring (bicyclic) bond motifs is 1. The normalized spacial score (nSPS) is 12.2. The van der Waals surface area contributed by atoms with Gasteiger partial charge in [-0.15, -0.1) is 0 Å². The summed E-state index contributed by atoms with van der Waals surface area (Å²) >= 11 is 0. The van der Waals surface area contributed by atoms with Crippen LogP contribution in [0.1, 0.15) is 24.0 Å². The number of urea groups is 1. The van der Waals surface area contributed by atoms with E-state index >= 15 is 0 Å². The summed E-state index contributed by atoms with van der Waals surface area (Å²) in [5.41, 5.74) is 4.04. The predicted octanol–water partition coefficient (Wildman–Crippen LogP) is 4.78. The third kappa shape index (κ3) is 5.63. The minimum absolute atomic E-state index is 0.264. The number of hydrogen-bond acceptors (Lipinski definition) is 5. The van der Waals surface area contributed by atoms with Crippen LogP contribution >= 0.6 is 0 Å². The number of pyridine rings is 1. The number of ether oxygens (including phenoxy) is 1. The Bertz CT molecular complexity index is 1080. The summed E-state index contributed by atoms with van der Waals surface area (Å²) in [4.78, 5) is 21.4. The second-order valence-electron chi connectivity index (χ2n) is 7.53. The van der Waals surface area contributed by atoms with Crippen LogP contribution in [0.4, 0.5) is 22.1 Å². The second-order valence-corrected chi connectivity index (χ2v) is 7.53. The van der Waals surface area contributed by atoms with Crippen molar-refractivity contribution in [2.45, 2.75) is 19.3 Å². The SMILES string of the molecule is COc1ccc(C2=Nc3nc(NC(=O)NCCCCc4ccccc4)ccc3NC2)cc1. The number of carbonyl (C=O) groups is 1. The Morgan fingerprint density at radius 3 is 2.62 bits per heavy atom. The molecule has 0 atom stereocenters. The smallest absolute Gasteiger partial charge is 0.320 e. The van der Waals surface area contributed by atoms with E-state index in [9.17, 15) is 4.79 Å². The largest absolute Gasteiger partial charge is 0.497 e. The molecule has 2 amide bonds. The van der Waals surface area contributed by atoms with Gasteiger partial charge in [-0.3, -0.25) is 5.32 Å². The maximum atomic E-state index is 12.2. The van der Waals surface area contributed by atoms with Crippen LogP contribution in [-0.2, 0) is 6.42 Å². The van der Waals surface area contributed by atoms with Gasteiger partial charge in [0.15, 0.2) is 5.82 Å². The van der Waals surface area contributed by atoms with Crippen LogP contribution in [0.3, 0.4) is 0 Å². The first-order valence-electron chi connectivity index (χ1n) is 10.8. The number of anilines is 2. The maximum absolute atomic E-state index is 12.2. The standard InChI is InChI=1S/C25H27N5O2/c1-32-20-12-10-19(11-13-20)22-17-27-21-14-15-23(29-24(21)28-22)30-25(31)26-16-6-5-9-18-7-3-2-4-8-18/h2-4,7-8,10-15,27H,5-6,9,16-17H2,1H3,(H2,26,29,30,31).